The van der Waals surface area contributed by atoms with Gasteiger partial charge in [0.15, 0.2) is 0 Å². The van der Waals surface area contributed by atoms with E-state index in [1.165, 1.54) is 44.1 Å². The van der Waals surface area contributed by atoms with Crippen LogP contribution in [0.15, 0.2) is 53.0 Å². The highest BCUT2D eigenvalue weighted by molar-refractivity contribution is 9.10. The van der Waals surface area contributed by atoms with E-state index in [2.05, 4.69) is 22.9 Å². The number of aryl methyl sites for hydroxylation is 1. The summed E-state index contributed by atoms with van der Waals surface area (Å²) >= 11 is 3.36. The van der Waals surface area contributed by atoms with E-state index in [0.29, 0.717) is 11.3 Å². The van der Waals surface area contributed by atoms with Crippen molar-refractivity contribution in [2.75, 3.05) is 0 Å². The standard InChI is InChI=1S/C21H25BrO2/c1-2-3-4-5-6-7-8-17-9-11-18(12-10-17)21(23)24-20-15-13-19(22)14-16-20/h9-16H,2-8H2,1H3. The van der Waals surface area contributed by atoms with Gasteiger partial charge in [-0.25, -0.2) is 4.79 Å². The maximum atomic E-state index is 12.1. The summed E-state index contributed by atoms with van der Waals surface area (Å²) in [5.41, 5.74) is 1.87. The number of esters is 1. The smallest absolute Gasteiger partial charge is 0.343 e. The van der Waals surface area contributed by atoms with Gasteiger partial charge >= 0.3 is 5.97 Å². The summed E-state index contributed by atoms with van der Waals surface area (Å²) in [4.78, 5) is 12.1. The Hall–Kier alpha value is -1.61. The number of carbonyl (C=O) groups is 1. The summed E-state index contributed by atoms with van der Waals surface area (Å²) in [6.07, 6.45) is 8.88. The molecule has 0 fully saturated rings. The van der Waals surface area contributed by atoms with Gasteiger partial charge in [0.25, 0.3) is 0 Å². The number of halogens is 1. The van der Waals surface area contributed by atoms with Crippen molar-refractivity contribution in [1.29, 1.82) is 0 Å². The van der Waals surface area contributed by atoms with Crippen LogP contribution in [0.1, 0.15) is 61.4 Å². The normalized spacial score (nSPS) is 10.6. The van der Waals surface area contributed by atoms with Crippen LogP contribution >= 0.6 is 15.9 Å². The molecule has 0 bridgehead atoms. The number of rotatable bonds is 9. The fourth-order valence-electron chi connectivity index (χ4n) is 2.59. The third kappa shape index (κ3) is 6.48. The van der Waals surface area contributed by atoms with Gasteiger partial charge in [-0.15, -0.1) is 0 Å². The summed E-state index contributed by atoms with van der Waals surface area (Å²) in [6, 6.07) is 15.0. The van der Waals surface area contributed by atoms with E-state index >= 15 is 0 Å². The Morgan fingerprint density at radius 2 is 1.50 bits per heavy atom. The summed E-state index contributed by atoms with van der Waals surface area (Å²) in [6.45, 7) is 2.24. The second-order valence-electron chi connectivity index (χ2n) is 6.06. The Morgan fingerprint density at radius 3 is 2.17 bits per heavy atom. The number of benzene rings is 2. The average Bonchev–Trinajstić information content (AvgIpc) is 2.60. The van der Waals surface area contributed by atoms with E-state index in [1.807, 2.05) is 36.4 Å². The van der Waals surface area contributed by atoms with Crippen LogP contribution < -0.4 is 4.74 Å². The molecule has 0 unspecified atom stereocenters. The van der Waals surface area contributed by atoms with Crippen LogP contribution in [0.2, 0.25) is 0 Å². The van der Waals surface area contributed by atoms with Crippen molar-refractivity contribution in [3.05, 3.63) is 64.1 Å². The summed E-state index contributed by atoms with van der Waals surface area (Å²) < 4.78 is 6.33. The third-order valence-electron chi connectivity index (χ3n) is 4.03. The first kappa shape index (κ1) is 18.7. The fourth-order valence-corrected chi connectivity index (χ4v) is 2.85. The SMILES string of the molecule is CCCCCCCCc1ccc(C(=O)Oc2ccc(Br)cc2)cc1. The van der Waals surface area contributed by atoms with Gasteiger partial charge < -0.3 is 4.74 Å². The lowest BCUT2D eigenvalue weighted by Crippen LogP contribution is -2.08. The monoisotopic (exact) mass is 388 g/mol. The molecule has 0 aliphatic heterocycles. The zero-order valence-electron chi connectivity index (χ0n) is 14.3. The molecule has 0 aromatic heterocycles. The molecule has 0 N–H and O–H groups in total. The van der Waals surface area contributed by atoms with Gasteiger partial charge in [-0.1, -0.05) is 67.1 Å². The molecular formula is C21H25BrO2. The number of carbonyl (C=O) groups excluding carboxylic acids is 1. The van der Waals surface area contributed by atoms with Crippen LogP contribution in [0.5, 0.6) is 5.75 Å². The first-order valence-corrected chi connectivity index (χ1v) is 9.55. The lowest BCUT2D eigenvalue weighted by molar-refractivity contribution is 0.0734. The molecule has 2 rings (SSSR count). The minimum absolute atomic E-state index is 0.316. The van der Waals surface area contributed by atoms with E-state index in [4.69, 9.17) is 4.74 Å². The first-order valence-electron chi connectivity index (χ1n) is 8.75. The lowest BCUT2D eigenvalue weighted by Gasteiger charge is -2.06. The van der Waals surface area contributed by atoms with Gasteiger partial charge in [-0.05, 0) is 54.8 Å². The number of hydrogen-bond acceptors (Lipinski definition) is 2. The minimum Gasteiger partial charge on any atom is -0.423 e. The number of hydrogen-bond donors (Lipinski definition) is 0. The van der Waals surface area contributed by atoms with Crippen molar-refractivity contribution in [1.82, 2.24) is 0 Å². The van der Waals surface area contributed by atoms with Crippen LogP contribution in [-0.2, 0) is 6.42 Å². The van der Waals surface area contributed by atoms with Gasteiger partial charge in [0.05, 0.1) is 5.56 Å². The van der Waals surface area contributed by atoms with Crippen molar-refractivity contribution in [3.63, 3.8) is 0 Å². The Labute approximate surface area is 153 Å². The second-order valence-corrected chi connectivity index (χ2v) is 6.97. The molecule has 0 radical (unpaired) electrons. The predicted octanol–water partition coefficient (Wildman–Crippen LogP) is 6.57. The van der Waals surface area contributed by atoms with Crippen LogP contribution in [0.4, 0.5) is 0 Å². The number of unbranched alkanes of at least 4 members (excludes halogenated alkanes) is 5. The van der Waals surface area contributed by atoms with Crippen molar-refractivity contribution < 1.29 is 9.53 Å². The Morgan fingerprint density at radius 1 is 0.875 bits per heavy atom. The maximum absolute atomic E-state index is 12.1. The first-order chi connectivity index (χ1) is 11.7. The van der Waals surface area contributed by atoms with Crippen molar-refractivity contribution in [2.24, 2.45) is 0 Å². The van der Waals surface area contributed by atoms with Crippen LogP contribution in [-0.4, -0.2) is 5.97 Å². The second kappa shape index (κ2) is 10.3. The van der Waals surface area contributed by atoms with E-state index in [9.17, 15) is 4.79 Å². The molecule has 0 saturated carbocycles. The summed E-state index contributed by atoms with van der Waals surface area (Å²) in [5.74, 6) is 0.239. The molecule has 2 aromatic carbocycles. The minimum atomic E-state index is -0.316. The van der Waals surface area contributed by atoms with Crippen LogP contribution in [0.3, 0.4) is 0 Å². The van der Waals surface area contributed by atoms with Crippen LogP contribution in [0.25, 0.3) is 0 Å². The highest BCUT2D eigenvalue weighted by Crippen LogP contribution is 2.18. The van der Waals surface area contributed by atoms with Crippen molar-refractivity contribution in [2.45, 2.75) is 51.9 Å². The summed E-state index contributed by atoms with van der Waals surface area (Å²) in [5, 5.41) is 0. The van der Waals surface area contributed by atoms with E-state index in [0.717, 1.165) is 10.9 Å². The fraction of sp³-hybridized carbons (Fsp3) is 0.381. The van der Waals surface area contributed by atoms with Crippen LogP contribution in [0, 0.1) is 0 Å². The van der Waals surface area contributed by atoms with Gasteiger partial charge in [-0.3, -0.25) is 0 Å². The maximum Gasteiger partial charge on any atom is 0.343 e. The molecule has 24 heavy (non-hydrogen) atoms. The van der Waals surface area contributed by atoms with Gasteiger partial charge in [0.1, 0.15) is 5.75 Å². The van der Waals surface area contributed by atoms with Crippen molar-refractivity contribution in [3.8, 4) is 5.75 Å². The zero-order chi connectivity index (χ0) is 17.2. The largest absolute Gasteiger partial charge is 0.423 e. The molecule has 2 aromatic rings. The molecule has 0 amide bonds. The predicted molar refractivity (Wildman–Crippen MR) is 103 cm³/mol. The molecular weight excluding hydrogens is 364 g/mol. The lowest BCUT2D eigenvalue weighted by atomic mass is 10.0. The van der Waals surface area contributed by atoms with Gasteiger partial charge in [0, 0.05) is 4.47 Å². The molecule has 2 nitrogen and oxygen atoms in total. The average molecular weight is 389 g/mol. The Kier molecular flexibility index (Phi) is 8.03. The third-order valence-corrected chi connectivity index (χ3v) is 4.56. The van der Waals surface area contributed by atoms with E-state index in [-0.39, 0.29) is 5.97 Å². The molecule has 0 aliphatic rings. The molecule has 0 spiro atoms. The van der Waals surface area contributed by atoms with Gasteiger partial charge in [0.2, 0.25) is 0 Å². The van der Waals surface area contributed by atoms with Gasteiger partial charge in [-0.2, -0.15) is 0 Å². The molecule has 128 valence electrons. The molecule has 3 heteroatoms. The zero-order valence-corrected chi connectivity index (χ0v) is 15.8. The quantitative estimate of drug-likeness (QED) is 0.275. The highest BCUT2D eigenvalue weighted by atomic mass is 79.9. The molecule has 0 aliphatic carbocycles. The van der Waals surface area contributed by atoms with E-state index < -0.39 is 0 Å². The number of ether oxygens (including phenoxy) is 1. The molecule has 0 heterocycles. The summed E-state index contributed by atoms with van der Waals surface area (Å²) in [7, 11) is 0. The molecule has 0 atom stereocenters. The Bertz CT molecular complexity index is 617. The van der Waals surface area contributed by atoms with Crippen molar-refractivity contribution >= 4 is 21.9 Å². The highest BCUT2D eigenvalue weighted by Gasteiger charge is 2.08. The molecule has 0 saturated heterocycles. The van der Waals surface area contributed by atoms with E-state index in [1.54, 1.807) is 12.1 Å². The topological polar surface area (TPSA) is 26.3 Å². The Balaban J connectivity index is 1.78.